The van der Waals surface area contributed by atoms with Crippen LogP contribution in [0.2, 0.25) is 0 Å². The number of carbonyl (C=O) groups is 2. The Morgan fingerprint density at radius 3 is 2.14 bits per heavy atom. The van der Waals surface area contributed by atoms with Gasteiger partial charge in [-0.15, -0.1) is 0 Å². The molecule has 0 aliphatic rings. The van der Waals surface area contributed by atoms with Gasteiger partial charge in [-0.25, -0.2) is 21.6 Å². The molecule has 1 atom stereocenters. The van der Waals surface area contributed by atoms with Crippen LogP contribution in [0.3, 0.4) is 0 Å². The number of benzene rings is 2. The van der Waals surface area contributed by atoms with Crippen molar-refractivity contribution >= 4 is 27.5 Å². The molecule has 0 spiro atoms. The van der Waals surface area contributed by atoms with Crippen LogP contribution in [0.25, 0.3) is 0 Å². The Bertz CT molecular complexity index is 1180. The third kappa shape index (κ3) is 8.54. The van der Waals surface area contributed by atoms with Crippen LogP contribution in [0.15, 0.2) is 42.5 Å². The minimum atomic E-state index is -3.85. The Kier molecular flexibility index (Phi) is 9.53. The standard InChI is InChI=1S/C25H32F3N3O4S/c1-17(24(33)29-25(2,3)4)30(16-18-8-10-19(26)11-9-18)23(32)7-6-14-31(36(5,34)35)20-12-13-21(27)22(28)15-20/h8-13,15,17H,6-7,14,16H2,1-5H3,(H,29,33). The van der Waals surface area contributed by atoms with Crippen molar-refractivity contribution in [3.8, 4) is 0 Å². The maximum atomic E-state index is 13.7. The average Bonchev–Trinajstić information content (AvgIpc) is 2.75. The molecule has 198 valence electrons. The molecule has 0 aliphatic carbocycles. The van der Waals surface area contributed by atoms with Gasteiger partial charge in [0, 0.05) is 31.1 Å². The third-order valence-electron chi connectivity index (χ3n) is 5.28. The fourth-order valence-electron chi connectivity index (χ4n) is 3.49. The fraction of sp³-hybridized carbons (Fsp3) is 0.440. The molecule has 0 bridgehead atoms. The van der Waals surface area contributed by atoms with Crippen LogP contribution >= 0.6 is 0 Å². The Balaban J connectivity index is 2.20. The van der Waals surface area contributed by atoms with Gasteiger partial charge < -0.3 is 10.2 Å². The van der Waals surface area contributed by atoms with Crippen molar-refractivity contribution in [1.82, 2.24) is 10.2 Å². The summed E-state index contributed by atoms with van der Waals surface area (Å²) in [5.74, 6) is -3.54. The van der Waals surface area contributed by atoms with E-state index < -0.39 is 45.0 Å². The summed E-state index contributed by atoms with van der Waals surface area (Å²) >= 11 is 0. The van der Waals surface area contributed by atoms with Crippen LogP contribution in [0.1, 0.15) is 46.1 Å². The number of rotatable bonds is 10. The number of halogens is 3. The molecule has 0 aromatic heterocycles. The smallest absolute Gasteiger partial charge is 0.242 e. The molecule has 2 rings (SSSR count). The fourth-order valence-corrected chi connectivity index (χ4v) is 4.44. The van der Waals surface area contributed by atoms with Gasteiger partial charge in [-0.05, 0) is 63.9 Å². The maximum Gasteiger partial charge on any atom is 0.242 e. The van der Waals surface area contributed by atoms with Crippen LogP contribution in [0.4, 0.5) is 18.9 Å². The van der Waals surface area contributed by atoms with E-state index in [0.717, 1.165) is 28.8 Å². The van der Waals surface area contributed by atoms with Gasteiger partial charge in [0.05, 0.1) is 11.9 Å². The molecule has 0 aliphatic heterocycles. The van der Waals surface area contributed by atoms with Gasteiger partial charge in [-0.2, -0.15) is 0 Å². The number of amides is 2. The highest BCUT2D eigenvalue weighted by Crippen LogP contribution is 2.22. The minimum absolute atomic E-state index is 0.0385. The first-order valence-electron chi connectivity index (χ1n) is 11.4. The van der Waals surface area contributed by atoms with Crippen LogP contribution in [0, 0.1) is 17.5 Å². The van der Waals surface area contributed by atoms with Crippen molar-refractivity contribution in [2.75, 3.05) is 17.1 Å². The van der Waals surface area contributed by atoms with Crippen molar-refractivity contribution in [2.45, 2.75) is 58.7 Å². The lowest BCUT2D eigenvalue weighted by Gasteiger charge is -2.32. The molecule has 36 heavy (non-hydrogen) atoms. The second-order valence-corrected chi connectivity index (χ2v) is 11.5. The predicted molar refractivity (Wildman–Crippen MR) is 132 cm³/mol. The van der Waals surface area contributed by atoms with Gasteiger partial charge in [-0.1, -0.05) is 12.1 Å². The maximum absolute atomic E-state index is 13.7. The first-order chi connectivity index (χ1) is 16.6. The Morgan fingerprint density at radius 2 is 1.61 bits per heavy atom. The molecule has 0 heterocycles. The average molecular weight is 528 g/mol. The number of carbonyl (C=O) groups excluding carboxylic acids is 2. The van der Waals surface area contributed by atoms with E-state index in [1.54, 1.807) is 6.92 Å². The SMILES string of the molecule is CC(C(=O)NC(C)(C)C)N(Cc1ccc(F)cc1)C(=O)CCCN(c1ccc(F)c(F)c1)S(C)(=O)=O. The van der Waals surface area contributed by atoms with E-state index in [9.17, 15) is 31.2 Å². The Morgan fingerprint density at radius 1 is 1.00 bits per heavy atom. The number of nitrogens with one attached hydrogen (secondary N) is 1. The zero-order chi connectivity index (χ0) is 27.3. The minimum Gasteiger partial charge on any atom is -0.350 e. The first kappa shape index (κ1) is 29.2. The zero-order valence-corrected chi connectivity index (χ0v) is 21.8. The van der Waals surface area contributed by atoms with E-state index in [0.29, 0.717) is 5.56 Å². The molecular weight excluding hydrogens is 495 g/mol. The monoisotopic (exact) mass is 527 g/mol. The topological polar surface area (TPSA) is 86.8 Å². The molecule has 1 unspecified atom stereocenters. The quantitative estimate of drug-likeness (QED) is 0.507. The first-order valence-corrected chi connectivity index (χ1v) is 13.2. The van der Waals surface area contributed by atoms with Crippen molar-refractivity contribution in [3.63, 3.8) is 0 Å². The van der Waals surface area contributed by atoms with E-state index in [1.807, 2.05) is 20.8 Å². The van der Waals surface area contributed by atoms with Gasteiger partial charge in [0.25, 0.3) is 0 Å². The van der Waals surface area contributed by atoms with Gasteiger partial charge >= 0.3 is 0 Å². The number of nitrogens with zero attached hydrogens (tertiary/aromatic N) is 2. The summed E-state index contributed by atoms with van der Waals surface area (Å²) in [4.78, 5) is 27.3. The molecule has 0 fully saturated rings. The molecule has 11 heteroatoms. The van der Waals surface area contributed by atoms with Gasteiger partial charge in [-0.3, -0.25) is 13.9 Å². The number of anilines is 1. The Labute approximate surface area is 210 Å². The highest BCUT2D eigenvalue weighted by molar-refractivity contribution is 7.92. The number of hydrogen-bond donors (Lipinski definition) is 1. The summed E-state index contributed by atoms with van der Waals surface area (Å²) in [5, 5.41) is 2.83. The summed E-state index contributed by atoms with van der Waals surface area (Å²) in [6.45, 7) is 6.87. The largest absolute Gasteiger partial charge is 0.350 e. The van der Waals surface area contributed by atoms with E-state index in [-0.39, 0.29) is 37.5 Å². The van der Waals surface area contributed by atoms with Crippen molar-refractivity contribution in [3.05, 3.63) is 65.5 Å². The molecule has 2 amide bonds. The summed E-state index contributed by atoms with van der Waals surface area (Å²) in [5.41, 5.74) is 0.0146. The van der Waals surface area contributed by atoms with Crippen LogP contribution in [-0.4, -0.2) is 49.5 Å². The molecule has 0 radical (unpaired) electrons. The van der Waals surface area contributed by atoms with E-state index >= 15 is 0 Å². The molecule has 0 saturated heterocycles. The second kappa shape index (κ2) is 11.8. The molecule has 1 N–H and O–H groups in total. The molecule has 0 saturated carbocycles. The molecular formula is C25H32F3N3O4S. The van der Waals surface area contributed by atoms with E-state index in [4.69, 9.17) is 0 Å². The lowest BCUT2D eigenvalue weighted by Crippen LogP contribution is -2.52. The Hall–Kier alpha value is -3.08. The summed E-state index contributed by atoms with van der Waals surface area (Å²) in [7, 11) is -3.85. The predicted octanol–water partition coefficient (Wildman–Crippen LogP) is 3.98. The van der Waals surface area contributed by atoms with E-state index in [2.05, 4.69) is 5.32 Å². The lowest BCUT2D eigenvalue weighted by atomic mass is 10.1. The lowest BCUT2D eigenvalue weighted by molar-refractivity contribution is -0.141. The zero-order valence-electron chi connectivity index (χ0n) is 21.0. The molecule has 2 aromatic rings. The summed E-state index contributed by atoms with van der Waals surface area (Å²) in [6, 6.07) is 7.41. The van der Waals surface area contributed by atoms with Crippen LogP contribution < -0.4 is 9.62 Å². The number of hydrogen-bond acceptors (Lipinski definition) is 4. The van der Waals surface area contributed by atoms with Crippen LogP contribution in [-0.2, 0) is 26.2 Å². The van der Waals surface area contributed by atoms with E-state index in [1.165, 1.54) is 29.2 Å². The highest BCUT2D eigenvalue weighted by Gasteiger charge is 2.28. The van der Waals surface area contributed by atoms with Gasteiger partial charge in [0.15, 0.2) is 11.6 Å². The molecule has 7 nitrogen and oxygen atoms in total. The van der Waals surface area contributed by atoms with Crippen molar-refractivity contribution in [2.24, 2.45) is 0 Å². The highest BCUT2D eigenvalue weighted by atomic mass is 32.2. The van der Waals surface area contributed by atoms with Crippen LogP contribution in [0.5, 0.6) is 0 Å². The normalized spacial score (nSPS) is 12.7. The van der Waals surface area contributed by atoms with Crippen molar-refractivity contribution in [1.29, 1.82) is 0 Å². The van der Waals surface area contributed by atoms with Gasteiger partial charge in [0.1, 0.15) is 11.9 Å². The third-order valence-corrected chi connectivity index (χ3v) is 6.47. The summed E-state index contributed by atoms with van der Waals surface area (Å²) in [6.07, 6.45) is 0.859. The number of sulfonamides is 1. The molecule has 2 aromatic carbocycles. The van der Waals surface area contributed by atoms with Crippen molar-refractivity contribution < 1.29 is 31.2 Å². The second-order valence-electron chi connectivity index (χ2n) is 9.60. The van der Waals surface area contributed by atoms with Gasteiger partial charge in [0.2, 0.25) is 21.8 Å². The summed E-state index contributed by atoms with van der Waals surface area (Å²) < 4.78 is 65.7.